The van der Waals surface area contributed by atoms with Crippen LogP contribution in [0.5, 0.6) is 0 Å². The number of anilines is 1. The van der Waals surface area contributed by atoms with Crippen molar-refractivity contribution in [2.75, 3.05) is 12.8 Å². The van der Waals surface area contributed by atoms with Gasteiger partial charge < -0.3 is 10.6 Å². The van der Waals surface area contributed by atoms with E-state index in [0.29, 0.717) is 22.8 Å². The first-order chi connectivity index (χ1) is 8.97. The number of amides is 1. The van der Waals surface area contributed by atoms with Crippen molar-refractivity contribution in [3.63, 3.8) is 0 Å². The zero-order chi connectivity index (χ0) is 14.0. The summed E-state index contributed by atoms with van der Waals surface area (Å²) in [6.45, 7) is 2.42. The number of hydrogen-bond acceptors (Lipinski definition) is 4. The first kappa shape index (κ1) is 13.8. The molecule has 1 amide bonds. The molecule has 100 valence electrons. The number of aromatic nitrogens is 1. The Hall–Kier alpha value is -1.59. The van der Waals surface area contributed by atoms with Gasteiger partial charge in [-0.05, 0) is 25.1 Å². The highest BCUT2D eigenvalue weighted by molar-refractivity contribution is 7.09. The molecule has 1 aromatic heterocycles. The molecule has 19 heavy (non-hydrogen) atoms. The first-order valence-electron chi connectivity index (χ1n) is 5.69. The van der Waals surface area contributed by atoms with E-state index < -0.39 is 0 Å². The van der Waals surface area contributed by atoms with Crippen molar-refractivity contribution in [1.82, 2.24) is 9.88 Å². The third-order valence-corrected chi connectivity index (χ3v) is 3.82. The molecule has 0 bridgehead atoms. The zero-order valence-corrected chi connectivity index (χ0v) is 12.3. The normalized spacial score (nSPS) is 10.5. The van der Waals surface area contributed by atoms with Crippen molar-refractivity contribution in [2.45, 2.75) is 13.5 Å². The number of rotatable bonds is 3. The van der Waals surface area contributed by atoms with E-state index in [2.05, 4.69) is 4.98 Å². The molecule has 2 N–H and O–H groups in total. The van der Waals surface area contributed by atoms with Crippen molar-refractivity contribution in [2.24, 2.45) is 0 Å². The Bertz CT molecular complexity index is 612. The molecule has 0 saturated heterocycles. The molecule has 0 saturated carbocycles. The number of benzene rings is 1. The number of aryl methyl sites for hydroxylation is 1. The number of halogens is 1. The Labute approximate surface area is 120 Å². The van der Waals surface area contributed by atoms with Gasteiger partial charge in [0.1, 0.15) is 0 Å². The van der Waals surface area contributed by atoms with E-state index in [1.165, 1.54) is 0 Å². The van der Waals surface area contributed by atoms with Crippen LogP contribution in [0.2, 0.25) is 5.02 Å². The van der Waals surface area contributed by atoms with Gasteiger partial charge in [-0.2, -0.15) is 0 Å². The number of carbonyl (C=O) groups excluding carboxylic acids is 1. The topological polar surface area (TPSA) is 59.2 Å². The molecule has 1 heterocycles. The molecule has 2 rings (SSSR count). The van der Waals surface area contributed by atoms with Crippen LogP contribution in [0, 0.1) is 6.92 Å². The molecular formula is C13H14ClN3OS. The fourth-order valence-electron chi connectivity index (χ4n) is 1.69. The number of carbonyl (C=O) groups is 1. The summed E-state index contributed by atoms with van der Waals surface area (Å²) >= 11 is 7.41. The predicted octanol–water partition coefficient (Wildman–Crippen LogP) is 2.96. The predicted molar refractivity (Wildman–Crippen MR) is 78.5 cm³/mol. The molecule has 2 aromatic rings. The molecule has 0 radical (unpaired) electrons. The lowest BCUT2D eigenvalue weighted by molar-refractivity contribution is 0.0783. The molecule has 1 aromatic carbocycles. The Kier molecular flexibility index (Phi) is 4.07. The van der Waals surface area contributed by atoms with Gasteiger partial charge >= 0.3 is 0 Å². The third-order valence-electron chi connectivity index (χ3n) is 2.66. The van der Waals surface area contributed by atoms with Gasteiger partial charge in [-0.3, -0.25) is 4.79 Å². The number of thiazole rings is 1. The van der Waals surface area contributed by atoms with Crippen LogP contribution in [0.15, 0.2) is 23.6 Å². The van der Waals surface area contributed by atoms with Crippen LogP contribution in [-0.4, -0.2) is 22.8 Å². The van der Waals surface area contributed by atoms with E-state index in [1.54, 1.807) is 41.5 Å². The Morgan fingerprint density at radius 1 is 1.53 bits per heavy atom. The van der Waals surface area contributed by atoms with Crippen molar-refractivity contribution < 1.29 is 4.79 Å². The highest BCUT2D eigenvalue weighted by atomic mass is 35.5. The molecule has 6 heteroatoms. The Balaban J connectivity index is 2.12. The minimum atomic E-state index is -0.103. The lowest BCUT2D eigenvalue weighted by Gasteiger charge is -2.16. The molecule has 4 nitrogen and oxygen atoms in total. The summed E-state index contributed by atoms with van der Waals surface area (Å²) in [4.78, 5) is 18.2. The van der Waals surface area contributed by atoms with Crippen LogP contribution in [0.25, 0.3) is 0 Å². The van der Waals surface area contributed by atoms with Crippen LogP contribution in [0.3, 0.4) is 0 Å². The summed E-state index contributed by atoms with van der Waals surface area (Å²) in [6, 6.07) is 4.89. The van der Waals surface area contributed by atoms with E-state index in [1.807, 2.05) is 12.3 Å². The molecule has 0 fully saturated rings. The van der Waals surface area contributed by atoms with Crippen molar-refractivity contribution in [3.05, 3.63) is 44.9 Å². The maximum absolute atomic E-state index is 12.2. The number of hydrogen-bond donors (Lipinski definition) is 1. The smallest absolute Gasteiger partial charge is 0.254 e. The zero-order valence-electron chi connectivity index (χ0n) is 10.7. The molecule has 0 spiro atoms. The van der Waals surface area contributed by atoms with Crippen LogP contribution in [0.1, 0.15) is 21.1 Å². The van der Waals surface area contributed by atoms with Gasteiger partial charge in [-0.15, -0.1) is 11.3 Å². The van der Waals surface area contributed by atoms with E-state index in [-0.39, 0.29) is 5.91 Å². The monoisotopic (exact) mass is 295 g/mol. The van der Waals surface area contributed by atoms with Gasteiger partial charge in [-0.25, -0.2) is 4.98 Å². The van der Waals surface area contributed by atoms with Crippen molar-refractivity contribution in [3.8, 4) is 0 Å². The Morgan fingerprint density at radius 3 is 2.84 bits per heavy atom. The largest absolute Gasteiger partial charge is 0.398 e. The third kappa shape index (κ3) is 3.24. The quantitative estimate of drug-likeness (QED) is 0.886. The minimum Gasteiger partial charge on any atom is -0.398 e. The van der Waals surface area contributed by atoms with Gasteiger partial charge in [-0.1, -0.05) is 11.6 Å². The van der Waals surface area contributed by atoms with E-state index >= 15 is 0 Å². The molecule has 0 aliphatic carbocycles. The minimum absolute atomic E-state index is 0.103. The van der Waals surface area contributed by atoms with Crippen LogP contribution >= 0.6 is 22.9 Å². The molecule has 0 unspecified atom stereocenters. The van der Waals surface area contributed by atoms with Crippen LogP contribution in [0.4, 0.5) is 5.69 Å². The van der Waals surface area contributed by atoms with Gasteiger partial charge in [0.2, 0.25) is 0 Å². The van der Waals surface area contributed by atoms with Crippen molar-refractivity contribution >= 4 is 34.5 Å². The summed E-state index contributed by atoms with van der Waals surface area (Å²) < 4.78 is 0. The highest BCUT2D eigenvalue weighted by Gasteiger charge is 2.14. The summed E-state index contributed by atoms with van der Waals surface area (Å²) in [5.74, 6) is -0.103. The second-order valence-electron chi connectivity index (χ2n) is 4.26. The summed E-state index contributed by atoms with van der Waals surface area (Å²) in [6.07, 6.45) is 0. The van der Waals surface area contributed by atoms with Gasteiger partial charge in [0, 0.05) is 18.0 Å². The number of nitrogens with zero attached hydrogens (tertiary/aromatic N) is 2. The van der Waals surface area contributed by atoms with Gasteiger partial charge in [0.15, 0.2) is 0 Å². The standard InChI is InChI=1S/C13H14ClN3OS/c1-8-16-10(7-19-8)6-17(2)13(18)9-3-4-11(14)12(15)5-9/h3-5,7H,6,15H2,1-2H3. The van der Waals surface area contributed by atoms with Crippen molar-refractivity contribution in [1.29, 1.82) is 0 Å². The lowest BCUT2D eigenvalue weighted by atomic mass is 10.2. The second kappa shape index (κ2) is 5.59. The molecule has 0 aliphatic rings. The lowest BCUT2D eigenvalue weighted by Crippen LogP contribution is -2.26. The molecule has 0 aliphatic heterocycles. The summed E-state index contributed by atoms with van der Waals surface area (Å²) in [5.41, 5.74) is 7.52. The average Bonchev–Trinajstić information content (AvgIpc) is 2.77. The maximum atomic E-state index is 12.2. The fraction of sp³-hybridized carbons (Fsp3) is 0.231. The average molecular weight is 296 g/mol. The van der Waals surface area contributed by atoms with E-state index in [9.17, 15) is 4.79 Å². The SMILES string of the molecule is Cc1nc(CN(C)C(=O)c2ccc(Cl)c(N)c2)cs1. The van der Waals surface area contributed by atoms with E-state index in [4.69, 9.17) is 17.3 Å². The molecule has 0 atom stereocenters. The number of nitrogens with two attached hydrogens (primary N) is 1. The Morgan fingerprint density at radius 2 is 2.26 bits per heavy atom. The van der Waals surface area contributed by atoms with Crippen LogP contribution < -0.4 is 5.73 Å². The number of nitrogen functional groups attached to an aromatic ring is 1. The highest BCUT2D eigenvalue weighted by Crippen LogP contribution is 2.20. The summed E-state index contributed by atoms with van der Waals surface area (Å²) in [5, 5.41) is 3.40. The first-order valence-corrected chi connectivity index (χ1v) is 6.94. The fourth-order valence-corrected chi connectivity index (χ4v) is 2.41. The molecular weight excluding hydrogens is 282 g/mol. The van der Waals surface area contributed by atoms with Gasteiger partial charge in [0.05, 0.1) is 28.0 Å². The van der Waals surface area contributed by atoms with Crippen LogP contribution in [-0.2, 0) is 6.54 Å². The summed E-state index contributed by atoms with van der Waals surface area (Å²) in [7, 11) is 1.74. The van der Waals surface area contributed by atoms with E-state index in [0.717, 1.165) is 10.7 Å². The van der Waals surface area contributed by atoms with Gasteiger partial charge in [0.25, 0.3) is 5.91 Å². The second-order valence-corrected chi connectivity index (χ2v) is 5.72. The maximum Gasteiger partial charge on any atom is 0.254 e.